The van der Waals surface area contributed by atoms with Gasteiger partial charge in [0.1, 0.15) is 0 Å². The number of carbonyl (C=O) groups excluding carboxylic acids is 1. The Balaban J connectivity index is 0.00000176. The molecule has 2 atom stereocenters. The first-order valence-corrected chi connectivity index (χ1v) is 7.11. The predicted octanol–water partition coefficient (Wildman–Crippen LogP) is 2.08. The molecular formula is C15H19ClN4O2. The summed E-state index contributed by atoms with van der Waals surface area (Å²) in [6, 6.07) is 7.28. The van der Waals surface area contributed by atoms with Crippen LogP contribution >= 0.6 is 12.4 Å². The summed E-state index contributed by atoms with van der Waals surface area (Å²) in [5.41, 5.74) is 7.17. The molecule has 1 aromatic heterocycles. The maximum absolute atomic E-state index is 12.5. The summed E-state index contributed by atoms with van der Waals surface area (Å²) in [5, 5.41) is 6.78. The Bertz CT molecular complexity index is 658. The number of carbonyl (C=O) groups is 1. The third kappa shape index (κ3) is 3.28. The standard InChI is InChI=1S/C15H18N4O2.ClH/c1-9-17-15(21-19-9)11-6-3-2-5-10(11)14(20)18-13-8-4-7-12(13)16;/h2-3,5-6,12-13H,4,7-8,16H2,1H3,(H,18,20);1H/t12-,13-;/m0./s1. The minimum Gasteiger partial charge on any atom is -0.348 e. The first-order valence-electron chi connectivity index (χ1n) is 7.11. The molecule has 2 aromatic rings. The Labute approximate surface area is 134 Å². The largest absolute Gasteiger partial charge is 0.348 e. The lowest BCUT2D eigenvalue weighted by Crippen LogP contribution is -2.44. The number of halogens is 1. The van der Waals surface area contributed by atoms with E-state index in [-0.39, 0.29) is 30.4 Å². The molecule has 3 rings (SSSR count). The van der Waals surface area contributed by atoms with Crippen LogP contribution in [0.3, 0.4) is 0 Å². The minimum absolute atomic E-state index is 0. The summed E-state index contributed by atoms with van der Waals surface area (Å²) >= 11 is 0. The van der Waals surface area contributed by atoms with E-state index in [1.54, 1.807) is 19.1 Å². The first kappa shape index (κ1) is 16.5. The van der Waals surface area contributed by atoms with Crippen LogP contribution in [0.2, 0.25) is 0 Å². The summed E-state index contributed by atoms with van der Waals surface area (Å²) < 4.78 is 5.17. The van der Waals surface area contributed by atoms with Gasteiger partial charge in [-0.25, -0.2) is 0 Å². The van der Waals surface area contributed by atoms with Gasteiger partial charge >= 0.3 is 0 Å². The van der Waals surface area contributed by atoms with Crippen molar-refractivity contribution >= 4 is 18.3 Å². The molecule has 1 fully saturated rings. The van der Waals surface area contributed by atoms with Gasteiger partial charge in [-0.3, -0.25) is 4.79 Å². The smallest absolute Gasteiger partial charge is 0.258 e. The summed E-state index contributed by atoms with van der Waals surface area (Å²) in [6.45, 7) is 1.74. The van der Waals surface area contributed by atoms with Crippen LogP contribution in [0.25, 0.3) is 11.5 Å². The number of rotatable bonds is 3. The van der Waals surface area contributed by atoms with Gasteiger partial charge in [0.05, 0.1) is 11.1 Å². The number of hydrogen-bond donors (Lipinski definition) is 2. The normalized spacial score (nSPS) is 20.5. The molecule has 0 spiro atoms. The number of benzene rings is 1. The molecule has 118 valence electrons. The Morgan fingerprint density at radius 3 is 2.77 bits per heavy atom. The van der Waals surface area contributed by atoms with Crippen molar-refractivity contribution in [2.24, 2.45) is 5.73 Å². The van der Waals surface area contributed by atoms with Gasteiger partial charge in [0.25, 0.3) is 11.8 Å². The number of nitrogens with zero attached hydrogens (tertiary/aromatic N) is 2. The number of amides is 1. The van der Waals surface area contributed by atoms with E-state index in [4.69, 9.17) is 10.3 Å². The van der Waals surface area contributed by atoms with Crippen LogP contribution in [-0.2, 0) is 0 Å². The molecule has 7 heteroatoms. The van der Waals surface area contributed by atoms with Gasteiger partial charge in [0.15, 0.2) is 5.82 Å². The van der Waals surface area contributed by atoms with Gasteiger partial charge in [0.2, 0.25) is 0 Å². The van der Waals surface area contributed by atoms with Crippen LogP contribution in [0.5, 0.6) is 0 Å². The number of aryl methyl sites for hydroxylation is 1. The lowest BCUT2D eigenvalue weighted by atomic mass is 10.1. The van der Waals surface area contributed by atoms with E-state index >= 15 is 0 Å². The van der Waals surface area contributed by atoms with E-state index < -0.39 is 0 Å². The van der Waals surface area contributed by atoms with E-state index in [9.17, 15) is 4.79 Å². The SMILES string of the molecule is Cc1noc(-c2ccccc2C(=O)N[C@H]2CCC[C@@H]2N)n1.Cl. The highest BCUT2D eigenvalue weighted by atomic mass is 35.5. The molecule has 0 unspecified atom stereocenters. The Morgan fingerprint density at radius 1 is 1.36 bits per heavy atom. The van der Waals surface area contributed by atoms with E-state index in [1.807, 2.05) is 12.1 Å². The quantitative estimate of drug-likeness (QED) is 0.902. The number of nitrogens with two attached hydrogens (primary N) is 1. The van der Waals surface area contributed by atoms with Gasteiger partial charge in [-0.15, -0.1) is 12.4 Å². The predicted molar refractivity (Wildman–Crippen MR) is 84.8 cm³/mol. The van der Waals surface area contributed by atoms with Crippen LogP contribution in [0.1, 0.15) is 35.4 Å². The average Bonchev–Trinajstić information content (AvgIpc) is 3.08. The molecule has 0 radical (unpaired) electrons. The van der Waals surface area contributed by atoms with Crippen LogP contribution in [0, 0.1) is 6.92 Å². The van der Waals surface area contributed by atoms with Crippen molar-refractivity contribution in [1.82, 2.24) is 15.5 Å². The van der Waals surface area contributed by atoms with Crippen molar-refractivity contribution in [3.05, 3.63) is 35.7 Å². The molecule has 3 N–H and O–H groups in total. The van der Waals surface area contributed by atoms with Gasteiger partial charge < -0.3 is 15.6 Å². The van der Waals surface area contributed by atoms with Crippen LogP contribution in [0.15, 0.2) is 28.8 Å². The fourth-order valence-electron chi connectivity index (χ4n) is 2.69. The molecule has 1 heterocycles. The maximum atomic E-state index is 12.5. The molecule has 1 saturated carbocycles. The van der Waals surface area contributed by atoms with Crippen LogP contribution in [0.4, 0.5) is 0 Å². The minimum atomic E-state index is -0.149. The molecule has 1 aromatic carbocycles. The zero-order valence-electron chi connectivity index (χ0n) is 12.3. The highest BCUT2D eigenvalue weighted by Crippen LogP contribution is 2.23. The monoisotopic (exact) mass is 322 g/mol. The number of hydrogen-bond acceptors (Lipinski definition) is 5. The molecule has 0 aliphatic heterocycles. The lowest BCUT2D eigenvalue weighted by molar-refractivity contribution is 0.0935. The Kier molecular flexibility index (Phi) is 5.15. The second kappa shape index (κ2) is 6.89. The van der Waals surface area contributed by atoms with E-state index in [0.717, 1.165) is 19.3 Å². The van der Waals surface area contributed by atoms with Gasteiger partial charge in [-0.2, -0.15) is 4.98 Å². The zero-order valence-corrected chi connectivity index (χ0v) is 13.1. The van der Waals surface area contributed by atoms with Gasteiger partial charge in [-0.1, -0.05) is 17.3 Å². The summed E-state index contributed by atoms with van der Waals surface area (Å²) in [5.74, 6) is 0.746. The van der Waals surface area contributed by atoms with E-state index in [0.29, 0.717) is 22.8 Å². The molecule has 0 saturated heterocycles. The van der Waals surface area contributed by atoms with Crippen molar-refractivity contribution in [3.63, 3.8) is 0 Å². The molecule has 22 heavy (non-hydrogen) atoms. The van der Waals surface area contributed by atoms with Gasteiger partial charge in [-0.05, 0) is 38.3 Å². The van der Waals surface area contributed by atoms with Crippen molar-refractivity contribution in [3.8, 4) is 11.5 Å². The van der Waals surface area contributed by atoms with E-state index in [1.165, 1.54) is 0 Å². The first-order chi connectivity index (χ1) is 10.1. The Hall–Kier alpha value is -1.92. The Morgan fingerprint density at radius 2 is 2.14 bits per heavy atom. The van der Waals surface area contributed by atoms with Crippen LogP contribution < -0.4 is 11.1 Å². The third-order valence-electron chi connectivity index (χ3n) is 3.82. The van der Waals surface area contributed by atoms with Crippen molar-refractivity contribution < 1.29 is 9.32 Å². The van der Waals surface area contributed by atoms with Gasteiger partial charge in [0, 0.05) is 12.1 Å². The average molecular weight is 323 g/mol. The fourth-order valence-corrected chi connectivity index (χ4v) is 2.69. The second-order valence-electron chi connectivity index (χ2n) is 5.37. The summed E-state index contributed by atoms with van der Waals surface area (Å²) in [7, 11) is 0. The second-order valence-corrected chi connectivity index (χ2v) is 5.37. The lowest BCUT2D eigenvalue weighted by Gasteiger charge is -2.17. The fraction of sp³-hybridized carbons (Fsp3) is 0.400. The maximum Gasteiger partial charge on any atom is 0.258 e. The topological polar surface area (TPSA) is 94.0 Å². The molecular weight excluding hydrogens is 304 g/mol. The molecule has 1 aliphatic rings. The number of aromatic nitrogens is 2. The third-order valence-corrected chi connectivity index (χ3v) is 3.82. The van der Waals surface area contributed by atoms with E-state index in [2.05, 4.69) is 15.5 Å². The van der Waals surface area contributed by atoms with Crippen molar-refractivity contribution in [2.75, 3.05) is 0 Å². The molecule has 0 bridgehead atoms. The summed E-state index contributed by atoms with van der Waals surface area (Å²) in [4.78, 5) is 16.7. The van der Waals surface area contributed by atoms with Crippen molar-refractivity contribution in [1.29, 1.82) is 0 Å². The number of nitrogens with one attached hydrogen (secondary N) is 1. The summed E-state index contributed by atoms with van der Waals surface area (Å²) in [6.07, 6.45) is 2.93. The molecule has 1 amide bonds. The highest BCUT2D eigenvalue weighted by molar-refractivity contribution is 6.00. The van der Waals surface area contributed by atoms with Crippen molar-refractivity contribution in [2.45, 2.75) is 38.3 Å². The van der Waals surface area contributed by atoms with Crippen LogP contribution in [-0.4, -0.2) is 28.1 Å². The zero-order chi connectivity index (χ0) is 14.8. The molecule has 6 nitrogen and oxygen atoms in total. The highest BCUT2D eigenvalue weighted by Gasteiger charge is 2.27. The molecule has 1 aliphatic carbocycles.